The first-order valence-corrected chi connectivity index (χ1v) is 5.11. The summed E-state index contributed by atoms with van der Waals surface area (Å²) in [6.45, 7) is 1.96. The number of phenols is 1. The summed E-state index contributed by atoms with van der Waals surface area (Å²) in [5, 5.41) is 10.4. The summed E-state index contributed by atoms with van der Waals surface area (Å²) < 4.78 is 0. The van der Waals surface area contributed by atoms with E-state index in [1.54, 1.807) is 12.1 Å². The van der Waals surface area contributed by atoms with Gasteiger partial charge < -0.3 is 5.11 Å². The Morgan fingerprint density at radius 1 is 1.07 bits per heavy atom. The summed E-state index contributed by atoms with van der Waals surface area (Å²) in [6, 6.07) is 13.0. The Morgan fingerprint density at radius 3 is 2.47 bits per heavy atom. The van der Waals surface area contributed by atoms with Crippen LogP contribution in [-0.4, -0.2) is 5.11 Å². The van der Waals surface area contributed by atoms with Crippen LogP contribution in [0.2, 0.25) is 5.02 Å². The lowest BCUT2D eigenvalue weighted by Gasteiger charge is -2.06. The molecule has 0 saturated heterocycles. The third kappa shape index (κ3) is 1.97. The fourth-order valence-corrected chi connectivity index (χ4v) is 1.66. The van der Waals surface area contributed by atoms with E-state index in [1.807, 2.05) is 37.3 Å². The summed E-state index contributed by atoms with van der Waals surface area (Å²) in [4.78, 5) is 0. The third-order valence-corrected chi connectivity index (χ3v) is 2.79. The van der Waals surface area contributed by atoms with E-state index in [0.717, 1.165) is 21.7 Å². The average Bonchev–Trinajstić information content (AvgIpc) is 2.23. The minimum absolute atomic E-state index is 0.275. The van der Waals surface area contributed by atoms with Gasteiger partial charge in [0.15, 0.2) is 0 Å². The predicted octanol–water partition coefficient (Wildman–Crippen LogP) is 4.02. The molecule has 15 heavy (non-hydrogen) atoms. The molecule has 0 aromatic heterocycles. The van der Waals surface area contributed by atoms with Gasteiger partial charge in [-0.3, -0.25) is 0 Å². The molecule has 76 valence electrons. The summed E-state index contributed by atoms with van der Waals surface area (Å²) >= 11 is 6.03. The number of halogens is 1. The van der Waals surface area contributed by atoms with E-state index in [0.29, 0.717) is 0 Å². The van der Waals surface area contributed by atoms with Gasteiger partial charge in [0, 0.05) is 10.6 Å². The van der Waals surface area contributed by atoms with Crippen LogP contribution in [-0.2, 0) is 0 Å². The molecule has 0 saturated carbocycles. The van der Waals surface area contributed by atoms with Gasteiger partial charge >= 0.3 is 0 Å². The van der Waals surface area contributed by atoms with E-state index in [9.17, 15) is 5.11 Å². The number of aromatic hydroxyl groups is 1. The number of hydrogen-bond acceptors (Lipinski definition) is 1. The molecule has 0 amide bonds. The second kappa shape index (κ2) is 3.95. The van der Waals surface area contributed by atoms with Crippen LogP contribution in [0.25, 0.3) is 11.1 Å². The number of hydrogen-bond donors (Lipinski definition) is 1. The molecule has 0 aliphatic carbocycles. The van der Waals surface area contributed by atoms with Crippen LogP contribution in [0.5, 0.6) is 5.75 Å². The van der Waals surface area contributed by atoms with Gasteiger partial charge in [0.2, 0.25) is 0 Å². The zero-order chi connectivity index (χ0) is 10.8. The molecule has 2 rings (SSSR count). The highest BCUT2D eigenvalue weighted by Crippen LogP contribution is 2.31. The van der Waals surface area contributed by atoms with Crippen molar-refractivity contribution >= 4 is 11.6 Å². The quantitative estimate of drug-likeness (QED) is 0.767. The van der Waals surface area contributed by atoms with Crippen LogP contribution in [0.15, 0.2) is 42.5 Å². The third-order valence-electron chi connectivity index (χ3n) is 2.39. The molecule has 2 aromatic carbocycles. The largest absolute Gasteiger partial charge is 0.507 e. The SMILES string of the molecule is Cc1ccc(-c2ccccc2O)cc1Cl. The first-order chi connectivity index (χ1) is 7.18. The molecular weight excluding hydrogens is 208 g/mol. The molecule has 2 aromatic rings. The van der Waals surface area contributed by atoms with Gasteiger partial charge in [0.25, 0.3) is 0 Å². The molecule has 0 radical (unpaired) electrons. The normalized spacial score (nSPS) is 10.3. The second-order valence-electron chi connectivity index (χ2n) is 3.48. The van der Waals surface area contributed by atoms with Gasteiger partial charge in [-0.25, -0.2) is 0 Å². The lowest BCUT2D eigenvalue weighted by Crippen LogP contribution is -1.81. The summed E-state index contributed by atoms with van der Waals surface area (Å²) in [6.07, 6.45) is 0. The van der Waals surface area contributed by atoms with E-state index in [4.69, 9.17) is 11.6 Å². The standard InChI is InChI=1S/C13H11ClO/c1-9-6-7-10(8-12(9)14)11-4-2-3-5-13(11)15/h2-8,15H,1H3. The van der Waals surface area contributed by atoms with Gasteiger partial charge in [-0.2, -0.15) is 0 Å². The Kier molecular flexibility index (Phi) is 2.65. The van der Waals surface area contributed by atoms with Crippen LogP contribution < -0.4 is 0 Å². The lowest BCUT2D eigenvalue weighted by molar-refractivity contribution is 0.477. The minimum Gasteiger partial charge on any atom is -0.507 e. The smallest absolute Gasteiger partial charge is 0.123 e. The molecule has 0 bridgehead atoms. The first kappa shape index (κ1) is 10.1. The molecule has 1 nitrogen and oxygen atoms in total. The van der Waals surface area contributed by atoms with Gasteiger partial charge in [-0.1, -0.05) is 41.9 Å². The number of phenolic OH excluding ortho intramolecular Hbond substituents is 1. The van der Waals surface area contributed by atoms with Gasteiger partial charge in [-0.05, 0) is 30.2 Å². The van der Waals surface area contributed by atoms with Crippen molar-refractivity contribution in [3.63, 3.8) is 0 Å². The van der Waals surface area contributed by atoms with Crippen molar-refractivity contribution in [2.45, 2.75) is 6.92 Å². The van der Waals surface area contributed by atoms with Crippen LogP contribution in [0, 0.1) is 6.92 Å². The molecule has 0 aliphatic heterocycles. The Morgan fingerprint density at radius 2 is 1.80 bits per heavy atom. The fraction of sp³-hybridized carbons (Fsp3) is 0.0769. The van der Waals surface area contributed by atoms with Crippen molar-refractivity contribution in [3.8, 4) is 16.9 Å². The van der Waals surface area contributed by atoms with E-state index >= 15 is 0 Å². The molecule has 2 heteroatoms. The fourth-order valence-electron chi connectivity index (χ4n) is 1.48. The first-order valence-electron chi connectivity index (χ1n) is 4.73. The number of aryl methyl sites for hydroxylation is 1. The van der Waals surface area contributed by atoms with Crippen molar-refractivity contribution in [3.05, 3.63) is 53.1 Å². The molecular formula is C13H11ClO. The number of para-hydroxylation sites is 1. The zero-order valence-corrected chi connectivity index (χ0v) is 9.12. The molecule has 1 N–H and O–H groups in total. The van der Waals surface area contributed by atoms with Crippen LogP contribution in [0.1, 0.15) is 5.56 Å². The van der Waals surface area contributed by atoms with E-state index in [-0.39, 0.29) is 5.75 Å². The Hall–Kier alpha value is -1.47. The molecule has 0 heterocycles. The van der Waals surface area contributed by atoms with Crippen molar-refractivity contribution in [2.24, 2.45) is 0 Å². The second-order valence-corrected chi connectivity index (χ2v) is 3.89. The highest BCUT2D eigenvalue weighted by atomic mass is 35.5. The highest BCUT2D eigenvalue weighted by molar-refractivity contribution is 6.31. The summed E-state index contributed by atoms with van der Waals surface area (Å²) in [7, 11) is 0. The maximum absolute atomic E-state index is 9.68. The average molecular weight is 219 g/mol. The summed E-state index contributed by atoms with van der Waals surface area (Å²) in [5.74, 6) is 0.275. The minimum atomic E-state index is 0.275. The monoisotopic (exact) mass is 218 g/mol. The van der Waals surface area contributed by atoms with E-state index in [2.05, 4.69) is 0 Å². The number of benzene rings is 2. The van der Waals surface area contributed by atoms with Crippen LogP contribution in [0.4, 0.5) is 0 Å². The van der Waals surface area contributed by atoms with E-state index < -0.39 is 0 Å². The molecule has 0 spiro atoms. The van der Waals surface area contributed by atoms with Crippen LogP contribution >= 0.6 is 11.6 Å². The van der Waals surface area contributed by atoms with Crippen molar-refractivity contribution < 1.29 is 5.11 Å². The van der Waals surface area contributed by atoms with Crippen LogP contribution in [0.3, 0.4) is 0 Å². The maximum atomic E-state index is 9.68. The zero-order valence-electron chi connectivity index (χ0n) is 8.37. The molecule has 0 atom stereocenters. The Balaban J connectivity index is 2.55. The van der Waals surface area contributed by atoms with Gasteiger partial charge in [0.1, 0.15) is 5.75 Å². The van der Waals surface area contributed by atoms with Gasteiger partial charge in [-0.15, -0.1) is 0 Å². The molecule has 0 unspecified atom stereocenters. The maximum Gasteiger partial charge on any atom is 0.123 e. The predicted molar refractivity (Wildman–Crippen MR) is 63.3 cm³/mol. The Bertz CT molecular complexity index is 492. The molecule has 0 fully saturated rings. The molecule has 0 aliphatic rings. The van der Waals surface area contributed by atoms with Crippen molar-refractivity contribution in [2.75, 3.05) is 0 Å². The van der Waals surface area contributed by atoms with Gasteiger partial charge in [0.05, 0.1) is 0 Å². The highest BCUT2D eigenvalue weighted by Gasteiger charge is 2.04. The summed E-state index contributed by atoms with van der Waals surface area (Å²) in [5.41, 5.74) is 2.78. The number of rotatable bonds is 1. The van der Waals surface area contributed by atoms with E-state index in [1.165, 1.54) is 0 Å². The van der Waals surface area contributed by atoms with Crippen molar-refractivity contribution in [1.82, 2.24) is 0 Å². The topological polar surface area (TPSA) is 20.2 Å². The lowest BCUT2D eigenvalue weighted by atomic mass is 10.0. The Labute approximate surface area is 94.0 Å². The van der Waals surface area contributed by atoms with Crippen molar-refractivity contribution in [1.29, 1.82) is 0 Å².